The number of aliphatic carboxylic acids is 1. The van der Waals surface area contributed by atoms with Crippen molar-refractivity contribution < 1.29 is 19.8 Å². The number of rotatable bonds is 8. The summed E-state index contributed by atoms with van der Waals surface area (Å²) >= 11 is 0. The number of aryl methyl sites for hydroxylation is 2. The number of carbonyl (C=O) groups is 2. The molecule has 0 saturated heterocycles. The minimum Gasteiger partial charge on any atom is -0.481 e. The molecule has 7 nitrogen and oxygen atoms in total. The van der Waals surface area contributed by atoms with E-state index in [1.54, 1.807) is 0 Å². The van der Waals surface area contributed by atoms with Crippen LogP contribution in [0.1, 0.15) is 167 Å². The van der Waals surface area contributed by atoms with Gasteiger partial charge in [0.25, 0.3) is 0 Å². The third kappa shape index (κ3) is 14.4. The van der Waals surface area contributed by atoms with Gasteiger partial charge >= 0.3 is 5.97 Å². The largest absolute Gasteiger partial charge is 0.481 e. The first kappa shape index (κ1) is 61.6. The maximum absolute atomic E-state index is 11.4. The summed E-state index contributed by atoms with van der Waals surface area (Å²) in [5, 5.41) is 19.5. The van der Waals surface area contributed by atoms with Gasteiger partial charge in [-0.3, -0.25) is 9.59 Å². The van der Waals surface area contributed by atoms with Crippen molar-refractivity contribution in [1.82, 2.24) is 0 Å². The number of carboxylic acids is 1. The van der Waals surface area contributed by atoms with E-state index in [1.807, 2.05) is 121 Å². The third-order valence-electron chi connectivity index (χ3n) is 17.8. The van der Waals surface area contributed by atoms with Crippen LogP contribution >= 0.6 is 0 Å². The first-order valence-corrected chi connectivity index (χ1v) is 31.3. The Morgan fingerprint density at radius 1 is 0.311 bits per heavy atom. The molecule has 0 atom stereocenters. The lowest BCUT2D eigenvalue weighted by atomic mass is 9.85. The van der Waals surface area contributed by atoms with Crippen LogP contribution in [-0.2, 0) is 22.4 Å². The molecule has 5 aliphatic rings. The SMILES string of the molecule is NC(=O)CC1c2ccccc2C=Cc2ccccc21.NCCC1c2ccccc2C=Cc2ccccc21.NCCC1c2ccccc2CCc2ccccc21.O=C(O)CC1c2ccccc2C=Cc2ccccc21.OC1c2ccccc2C=Cc2ccccc21. The van der Waals surface area contributed by atoms with Gasteiger partial charge in [-0.1, -0.05) is 291 Å². The second-order valence-electron chi connectivity index (χ2n) is 23.3. The quantitative estimate of drug-likeness (QED) is 0.102. The van der Waals surface area contributed by atoms with Crippen molar-refractivity contribution in [2.75, 3.05) is 13.1 Å². The molecule has 10 aromatic rings. The summed E-state index contributed by atoms with van der Waals surface area (Å²) in [6.07, 6.45) is 21.2. The summed E-state index contributed by atoms with van der Waals surface area (Å²) in [6.45, 7) is 1.46. The van der Waals surface area contributed by atoms with Crippen molar-refractivity contribution in [3.8, 4) is 0 Å². The lowest BCUT2D eigenvalue weighted by Gasteiger charge is -2.19. The molecule has 0 spiro atoms. The molecule has 8 N–H and O–H groups in total. The number of nitrogens with two attached hydrogens (primary N) is 3. The predicted molar refractivity (Wildman–Crippen MR) is 372 cm³/mol. The molecule has 448 valence electrons. The van der Waals surface area contributed by atoms with E-state index in [0.29, 0.717) is 24.8 Å². The fraction of sp³-hybridized carbons (Fsp3) is 0.157. The number of benzene rings is 10. The van der Waals surface area contributed by atoms with Gasteiger partial charge in [-0.2, -0.15) is 0 Å². The Morgan fingerprint density at radius 2 is 0.533 bits per heavy atom. The topological polar surface area (TPSA) is 153 Å². The Hall–Kier alpha value is -10.0. The van der Waals surface area contributed by atoms with Crippen molar-refractivity contribution in [3.63, 3.8) is 0 Å². The second-order valence-corrected chi connectivity index (χ2v) is 23.3. The first-order valence-electron chi connectivity index (χ1n) is 31.3. The number of fused-ring (bicyclic) bond motifs is 10. The van der Waals surface area contributed by atoms with Gasteiger partial charge in [0.15, 0.2) is 0 Å². The van der Waals surface area contributed by atoms with Crippen LogP contribution in [0.25, 0.3) is 48.6 Å². The minimum absolute atomic E-state index is 0.0416. The maximum Gasteiger partial charge on any atom is 0.304 e. The molecule has 0 saturated carbocycles. The van der Waals surface area contributed by atoms with Crippen LogP contribution in [0.4, 0.5) is 0 Å². The van der Waals surface area contributed by atoms with E-state index in [-0.39, 0.29) is 24.2 Å². The number of aliphatic hydroxyl groups is 1. The first-order chi connectivity index (χ1) is 44.2. The zero-order chi connectivity index (χ0) is 62.2. The Balaban J connectivity index is 0.000000116. The van der Waals surface area contributed by atoms with Crippen molar-refractivity contribution in [1.29, 1.82) is 0 Å². The minimum atomic E-state index is -0.767. The third-order valence-corrected chi connectivity index (χ3v) is 17.8. The Labute approximate surface area is 530 Å². The van der Waals surface area contributed by atoms with Gasteiger partial charge in [0.1, 0.15) is 6.10 Å². The second kappa shape index (κ2) is 29.8. The molecular formula is C83H77N3O4. The van der Waals surface area contributed by atoms with Gasteiger partial charge in [-0.25, -0.2) is 0 Å². The van der Waals surface area contributed by atoms with E-state index in [0.717, 1.165) is 87.9 Å². The van der Waals surface area contributed by atoms with Crippen molar-refractivity contribution in [2.45, 2.75) is 68.3 Å². The highest BCUT2D eigenvalue weighted by Crippen LogP contribution is 2.41. The van der Waals surface area contributed by atoms with Crippen LogP contribution in [-0.4, -0.2) is 35.2 Å². The number of amides is 1. The number of hydrogen-bond acceptors (Lipinski definition) is 5. The van der Waals surface area contributed by atoms with E-state index in [2.05, 4.69) is 170 Å². The Morgan fingerprint density at radius 3 is 0.811 bits per heavy atom. The van der Waals surface area contributed by atoms with E-state index in [9.17, 15) is 19.8 Å². The van der Waals surface area contributed by atoms with Gasteiger partial charge in [-0.15, -0.1) is 0 Å². The van der Waals surface area contributed by atoms with E-state index < -0.39 is 12.1 Å². The number of primary amides is 1. The number of aliphatic hydroxyl groups excluding tert-OH is 1. The zero-order valence-electron chi connectivity index (χ0n) is 50.7. The Bertz CT molecular complexity index is 3900. The molecule has 0 bridgehead atoms. The Kier molecular flexibility index (Phi) is 20.4. The average Bonchev–Trinajstić information content (AvgIpc) is 2.14. The molecule has 15 rings (SSSR count). The van der Waals surface area contributed by atoms with Gasteiger partial charge < -0.3 is 27.4 Å². The lowest BCUT2D eigenvalue weighted by Crippen LogP contribution is -2.17. The van der Waals surface area contributed by atoms with Crippen LogP contribution < -0.4 is 17.2 Å². The van der Waals surface area contributed by atoms with Gasteiger partial charge in [0, 0.05) is 30.1 Å². The van der Waals surface area contributed by atoms with Crippen molar-refractivity contribution in [2.24, 2.45) is 17.2 Å². The average molecular weight is 1180 g/mol. The normalized spacial score (nSPS) is 13.9. The van der Waals surface area contributed by atoms with Gasteiger partial charge in [-0.05, 0) is 150 Å². The highest BCUT2D eigenvalue weighted by molar-refractivity contribution is 5.82. The lowest BCUT2D eigenvalue weighted by molar-refractivity contribution is -0.137. The monoisotopic (exact) mass is 1180 g/mol. The summed E-state index contributed by atoms with van der Waals surface area (Å²) in [5.74, 6) is -0.185. The fourth-order valence-corrected chi connectivity index (χ4v) is 13.5. The highest BCUT2D eigenvalue weighted by Gasteiger charge is 2.27. The van der Waals surface area contributed by atoms with Crippen LogP contribution in [0.5, 0.6) is 0 Å². The summed E-state index contributed by atoms with van der Waals surface area (Å²) in [4.78, 5) is 22.6. The van der Waals surface area contributed by atoms with E-state index in [1.165, 1.54) is 55.6 Å². The van der Waals surface area contributed by atoms with Crippen molar-refractivity contribution in [3.05, 3.63) is 354 Å². The number of hydrogen-bond donors (Lipinski definition) is 5. The molecule has 0 aliphatic heterocycles. The predicted octanol–water partition coefficient (Wildman–Crippen LogP) is 17.1. The molecule has 0 unspecified atom stereocenters. The molecule has 0 radical (unpaired) electrons. The van der Waals surface area contributed by atoms with Crippen LogP contribution in [0.15, 0.2) is 243 Å². The molecule has 0 fully saturated rings. The smallest absolute Gasteiger partial charge is 0.304 e. The molecule has 0 aromatic heterocycles. The van der Waals surface area contributed by atoms with E-state index >= 15 is 0 Å². The number of carboxylic acid groups (broad SMARTS) is 1. The summed E-state index contributed by atoms with van der Waals surface area (Å²) in [6, 6.07) is 83.2. The number of carbonyl (C=O) groups excluding carboxylic acids is 1. The van der Waals surface area contributed by atoms with Crippen LogP contribution in [0.2, 0.25) is 0 Å². The zero-order valence-corrected chi connectivity index (χ0v) is 50.7. The summed E-state index contributed by atoms with van der Waals surface area (Å²) in [5.41, 5.74) is 41.6. The summed E-state index contributed by atoms with van der Waals surface area (Å²) < 4.78 is 0. The molecule has 10 aromatic carbocycles. The molecule has 7 heteroatoms. The molecule has 5 aliphatic carbocycles. The van der Waals surface area contributed by atoms with Gasteiger partial charge in [0.05, 0.1) is 6.42 Å². The molecular weight excluding hydrogens is 1100 g/mol. The highest BCUT2D eigenvalue weighted by atomic mass is 16.4. The van der Waals surface area contributed by atoms with Crippen LogP contribution in [0.3, 0.4) is 0 Å². The fourth-order valence-electron chi connectivity index (χ4n) is 13.5. The van der Waals surface area contributed by atoms with Crippen molar-refractivity contribution >= 4 is 60.5 Å². The summed E-state index contributed by atoms with van der Waals surface area (Å²) in [7, 11) is 0. The van der Waals surface area contributed by atoms with Gasteiger partial charge in [0.2, 0.25) is 5.91 Å². The molecule has 0 heterocycles. The molecule has 90 heavy (non-hydrogen) atoms. The maximum atomic E-state index is 11.4. The van der Waals surface area contributed by atoms with E-state index in [4.69, 9.17) is 17.2 Å². The van der Waals surface area contributed by atoms with Crippen LogP contribution in [0, 0.1) is 0 Å². The molecule has 1 amide bonds. The standard InChI is InChI=1S/C17H15NO.C17H19N.C17H17N.C17H14O2.C15H12O/c18-17(19)11-16-14-7-3-1-5-12(14)9-10-13-6-2-4-8-15(13)16;2*18-12-11-17-15-7-3-1-5-13(15)9-10-14-6-2-4-8-16(14)17;18-17(19)11-16-14-7-3-1-5-12(14)9-10-13-6-2-4-8-15(13)16;16-15-13-7-3-1-5-11(13)9-10-12-6-2-4-8-14(12)15/h1-10,16H,11H2,(H2,18,19);1-8,17H,9-12,18H2;1-10,17H,11-12,18H2;1-10,16H,11H2,(H,18,19);1-10,15-16H.